The smallest absolute Gasteiger partial charge is 0.259 e. The highest BCUT2D eigenvalue weighted by Gasteiger charge is 2.01. The van der Waals surface area contributed by atoms with Gasteiger partial charge in [-0.3, -0.25) is 4.79 Å². The number of nitrogens with one attached hydrogen (secondary N) is 1. The predicted octanol–water partition coefficient (Wildman–Crippen LogP) is 4.67. The first kappa shape index (κ1) is 16.8. The van der Waals surface area contributed by atoms with Crippen molar-refractivity contribution in [3.63, 3.8) is 0 Å². The van der Waals surface area contributed by atoms with Gasteiger partial charge >= 0.3 is 0 Å². The van der Waals surface area contributed by atoms with Gasteiger partial charge in [0.05, 0.1) is 10.9 Å². The summed E-state index contributed by atoms with van der Waals surface area (Å²) in [4.78, 5) is 19.4. The molecule has 3 aromatic carbocycles. The molecule has 0 fully saturated rings. The van der Waals surface area contributed by atoms with E-state index in [1.54, 1.807) is 12.1 Å². The van der Waals surface area contributed by atoms with Crippen LogP contribution in [0.5, 0.6) is 5.75 Å². The molecule has 0 radical (unpaired) electrons. The van der Waals surface area contributed by atoms with E-state index < -0.39 is 0 Å². The number of para-hydroxylation sites is 1. The molecular formula is C23H18N2O2. The minimum absolute atomic E-state index is 0.134. The largest absolute Gasteiger partial charge is 0.489 e. The maximum absolute atomic E-state index is 12.1. The van der Waals surface area contributed by atoms with E-state index in [0.717, 1.165) is 16.9 Å². The highest BCUT2D eigenvalue weighted by atomic mass is 16.5. The molecule has 4 nitrogen and oxygen atoms in total. The summed E-state index contributed by atoms with van der Waals surface area (Å²) in [6.45, 7) is 0.540. The van der Waals surface area contributed by atoms with Gasteiger partial charge in [-0.2, -0.15) is 0 Å². The van der Waals surface area contributed by atoms with Crippen LogP contribution in [0.25, 0.3) is 23.1 Å². The van der Waals surface area contributed by atoms with Crippen LogP contribution in [0.1, 0.15) is 17.0 Å². The molecule has 1 heterocycles. The van der Waals surface area contributed by atoms with Crippen molar-refractivity contribution in [3.8, 4) is 5.75 Å². The molecule has 0 aliphatic carbocycles. The van der Waals surface area contributed by atoms with E-state index in [9.17, 15) is 4.79 Å². The number of aromatic nitrogens is 2. The standard InChI is InChI=1S/C23H18N2O2/c26-23-20-8-4-5-9-21(20)24-22(25-23)15-12-17-10-13-19(14-11-17)27-16-18-6-2-1-3-7-18/h1-15H,16H2,(H,24,25,26)/b15-12-. The Hall–Kier alpha value is -3.66. The van der Waals surface area contributed by atoms with Crippen LogP contribution < -0.4 is 10.3 Å². The second-order valence-corrected chi connectivity index (χ2v) is 6.14. The Bertz CT molecular complexity index is 1130. The van der Waals surface area contributed by atoms with Crippen molar-refractivity contribution >= 4 is 23.1 Å². The summed E-state index contributed by atoms with van der Waals surface area (Å²) in [5.74, 6) is 1.34. The van der Waals surface area contributed by atoms with Crippen molar-refractivity contribution in [2.24, 2.45) is 0 Å². The van der Waals surface area contributed by atoms with Gasteiger partial charge in [0.1, 0.15) is 18.2 Å². The molecule has 0 saturated carbocycles. The minimum atomic E-state index is -0.134. The summed E-state index contributed by atoms with van der Waals surface area (Å²) in [5, 5.41) is 0.592. The Morgan fingerprint density at radius 3 is 2.41 bits per heavy atom. The Balaban J connectivity index is 1.46. The zero-order valence-corrected chi connectivity index (χ0v) is 14.6. The molecule has 4 aromatic rings. The quantitative estimate of drug-likeness (QED) is 0.566. The van der Waals surface area contributed by atoms with Crippen molar-refractivity contribution in [1.82, 2.24) is 9.97 Å². The lowest BCUT2D eigenvalue weighted by Gasteiger charge is -2.06. The fourth-order valence-electron chi connectivity index (χ4n) is 2.77. The molecule has 0 amide bonds. The zero-order valence-electron chi connectivity index (χ0n) is 14.6. The lowest BCUT2D eigenvalue weighted by molar-refractivity contribution is 0.306. The lowest BCUT2D eigenvalue weighted by atomic mass is 10.2. The van der Waals surface area contributed by atoms with Crippen LogP contribution in [0.3, 0.4) is 0 Å². The first-order valence-electron chi connectivity index (χ1n) is 8.72. The summed E-state index contributed by atoms with van der Waals surface area (Å²) in [7, 11) is 0. The van der Waals surface area contributed by atoms with E-state index >= 15 is 0 Å². The van der Waals surface area contributed by atoms with Crippen molar-refractivity contribution in [2.45, 2.75) is 6.61 Å². The summed E-state index contributed by atoms with van der Waals surface area (Å²) in [6.07, 6.45) is 3.71. The maximum Gasteiger partial charge on any atom is 0.259 e. The first-order chi connectivity index (χ1) is 13.3. The molecule has 4 rings (SSSR count). The Morgan fingerprint density at radius 1 is 0.852 bits per heavy atom. The van der Waals surface area contributed by atoms with Gasteiger partial charge in [0.2, 0.25) is 0 Å². The van der Waals surface area contributed by atoms with E-state index in [1.807, 2.05) is 78.9 Å². The van der Waals surface area contributed by atoms with Gasteiger partial charge < -0.3 is 9.72 Å². The van der Waals surface area contributed by atoms with Crippen LogP contribution in [0, 0.1) is 0 Å². The minimum Gasteiger partial charge on any atom is -0.489 e. The van der Waals surface area contributed by atoms with Crippen LogP contribution in [0.15, 0.2) is 83.7 Å². The number of nitrogens with zero attached hydrogens (tertiary/aromatic N) is 1. The van der Waals surface area contributed by atoms with Gasteiger partial charge in [0.25, 0.3) is 5.56 Å². The summed E-state index contributed by atoms with van der Waals surface area (Å²) >= 11 is 0. The van der Waals surface area contributed by atoms with E-state index in [2.05, 4.69) is 9.97 Å². The van der Waals surface area contributed by atoms with Gasteiger partial charge in [-0.1, -0.05) is 60.7 Å². The van der Waals surface area contributed by atoms with Crippen molar-refractivity contribution in [3.05, 3.63) is 106 Å². The highest BCUT2D eigenvalue weighted by molar-refractivity contribution is 5.79. The summed E-state index contributed by atoms with van der Waals surface area (Å²) in [5.41, 5.74) is 2.68. The molecule has 0 spiro atoms. The topological polar surface area (TPSA) is 55.0 Å². The molecule has 0 atom stereocenters. The zero-order chi connectivity index (χ0) is 18.5. The van der Waals surface area contributed by atoms with Crippen LogP contribution in [0.4, 0.5) is 0 Å². The molecule has 132 valence electrons. The SMILES string of the molecule is O=c1[nH]c(/C=C\c2ccc(OCc3ccccc3)cc2)nc2ccccc12. The van der Waals surface area contributed by atoms with Crippen molar-refractivity contribution in [2.75, 3.05) is 0 Å². The van der Waals surface area contributed by atoms with Crippen LogP contribution in [-0.4, -0.2) is 9.97 Å². The molecule has 27 heavy (non-hydrogen) atoms. The van der Waals surface area contributed by atoms with Gasteiger partial charge in [-0.05, 0) is 41.5 Å². The average molecular weight is 354 g/mol. The van der Waals surface area contributed by atoms with Crippen LogP contribution >= 0.6 is 0 Å². The van der Waals surface area contributed by atoms with E-state index in [-0.39, 0.29) is 5.56 Å². The molecular weight excluding hydrogens is 336 g/mol. The highest BCUT2D eigenvalue weighted by Crippen LogP contribution is 2.16. The molecule has 0 aliphatic heterocycles. The molecule has 1 aromatic heterocycles. The van der Waals surface area contributed by atoms with E-state index in [0.29, 0.717) is 23.3 Å². The van der Waals surface area contributed by atoms with E-state index in [4.69, 9.17) is 4.74 Å². The van der Waals surface area contributed by atoms with Crippen LogP contribution in [0.2, 0.25) is 0 Å². The lowest BCUT2D eigenvalue weighted by Crippen LogP contribution is -2.09. The monoisotopic (exact) mass is 354 g/mol. The maximum atomic E-state index is 12.1. The number of aromatic amines is 1. The third-order valence-corrected chi connectivity index (χ3v) is 4.19. The molecule has 0 aliphatic rings. The Labute approximate surface area is 156 Å². The normalized spacial score (nSPS) is 11.1. The van der Waals surface area contributed by atoms with E-state index in [1.165, 1.54) is 0 Å². The first-order valence-corrected chi connectivity index (χ1v) is 8.72. The number of hydrogen-bond acceptors (Lipinski definition) is 3. The van der Waals surface area contributed by atoms with Gasteiger partial charge in [-0.25, -0.2) is 4.98 Å². The summed E-state index contributed by atoms with van der Waals surface area (Å²) in [6, 6.07) is 25.2. The van der Waals surface area contributed by atoms with Crippen molar-refractivity contribution in [1.29, 1.82) is 0 Å². The van der Waals surface area contributed by atoms with Gasteiger partial charge in [0.15, 0.2) is 0 Å². The third kappa shape index (κ3) is 4.12. The van der Waals surface area contributed by atoms with Crippen molar-refractivity contribution < 1.29 is 4.74 Å². The second kappa shape index (κ2) is 7.70. The van der Waals surface area contributed by atoms with Gasteiger partial charge in [-0.15, -0.1) is 0 Å². The molecule has 0 bridgehead atoms. The molecule has 1 N–H and O–H groups in total. The Morgan fingerprint density at radius 2 is 1.59 bits per heavy atom. The number of fused-ring (bicyclic) bond motifs is 1. The fourth-order valence-corrected chi connectivity index (χ4v) is 2.77. The summed E-state index contributed by atoms with van der Waals surface area (Å²) < 4.78 is 5.79. The van der Waals surface area contributed by atoms with Gasteiger partial charge in [0, 0.05) is 0 Å². The Kier molecular flexibility index (Phi) is 4.79. The van der Waals surface area contributed by atoms with Crippen LogP contribution in [-0.2, 0) is 6.61 Å². The number of benzene rings is 3. The third-order valence-electron chi connectivity index (χ3n) is 4.19. The number of hydrogen-bond donors (Lipinski definition) is 1. The number of H-pyrrole nitrogens is 1. The molecule has 0 saturated heterocycles. The molecule has 0 unspecified atom stereocenters. The second-order valence-electron chi connectivity index (χ2n) is 6.14. The number of rotatable bonds is 5. The predicted molar refractivity (Wildman–Crippen MR) is 109 cm³/mol. The average Bonchev–Trinajstić information content (AvgIpc) is 2.72. The fraction of sp³-hybridized carbons (Fsp3) is 0.0435. The number of ether oxygens (including phenoxy) is 1. The molecule has 4 heteroatoms.